The Bertz CT molecular complexity index is 3190. The molecule has 0 saturated carbocycles. The standard InChI is InChI=1S/C57H42N2/c1-57(2)51-24-12-13-25-54(51)59(56-49-23-11-9-19-43(49)30-35-50(56)42-16-4-3-5-17-42)55-36-31-45(38-52(55)57)40-27-32-46(33-28-40)58(47-34-29-39-15-6-7-20-44(39)37-47)53-26-14-21-41-18-8-10-22-48(41)53/h3-38H,1-2H3. The van der Waals surface area contributed by atoms with Crippen LogP contribution < -0.4 is 9.80 Å². The lowest BCUT2D eigenvalue weighted by molar-refractivity contribution is 0.632. The molecule has 0 N–H and O–H groups in total. The average Bonchev–Trinajstić information content (AvgIpc) is 3.30. The second-order valence-electron chi connectivity index (χ2n) is 16.2. The number of para-hydroxylation sites is 1. The molecule has 10 aromatic carbocycles. The van der Waals surface area contributed by atoms with Gasteiger partial charge in [-0.05, 0) is 97.9 Å². The summed E-state index contributed by atoms with van der Waals surface area (Å²) in [4.78, 5) is 4.93. The number of benzene rings is 10. The average molecular weight is 755 g/mol. The molecule has 11 rings (SSSR count). The van der Waals surface area contributed by atoms with Gasteiger partial charge in [0.1, 0.15) is 0 Å². The van der Waals surface area contributed by atoms with Crippen LogP contribution in [0.5, 0.6) is 0 Å². The van der Waals surface area contributed by atoms with Crippen LogP contribution in [0.3, 0.4) is 0 Å². The molecule has 2 heteroatoms. The molecular weight excluding hydrogens is 713 g/mol. The van der Waals surface area contributed by atoms with Gasteiger partial charge < -0.3 is 9.80 Å². The third-order valence-corrected chi connectivity index (χ3v) is 12.4. The molecule has 59 heavy (non-hydrogen) atoms. The van der Waals surface area contributed by atoms with Gasteiger partial charge in [-0.15, -0.1) is 0 Å². The van der Waals surface area contributed by atoms with E-state index < -0.39 is 0 Å². The van der Waals surface area contributed by atoms with Gasteiger partial charge in [0.05, 0.1) is 22.7 Å². The van der Waals surface area contributed by atoms with Crippen LogP contribution in [-0.2, 0) is 5.41 Å². The van der Waals surface area contributed by atoms with Crippen LogP contribution in [0.25, 0.3) is 54.6 Å². The number of anilines is 6. The van der Waals surface area contributed by atoms with Gasteiger partial charge in [-0.3, -0.25) is 0 Å². The van der Waals surface area contributed by atoms with Gasteiger partial charge in [0.15, 0.2) is 0 Å². The van der Waals surface area contributed by atoms with E-state index in [-0.39, 0.29) is 5.41 Å². The molecule has 0 spiro atoms. The van der Waals surface area contributed by atoms with Crippen molar-refractivity contribution in [3.8, 4) is 22.3 Å². The fourth-order valence-corrected chi connectivity index (χ4v) is 9.42. The van der Waals surface area contributed by atoms with E-state index in [0.717, 1.165) is 17.1 Å². The van der Waals surface area contributed by atoms with Crippen molar-refractivity contribution in [3.05, 3.63) is 230 Å². The Labute approximate surface area is 345 Å². The van der Waals surface area contributed by atoms with Crippen molar-refractivity contribution < 1.29 is 0 Å². The van der Waals surface area contributed by atoms with Crippen LogP contribution in [0, 0.1) is 0 Å². The van der Waals surface area contributed by atoms with Crippen molar-refractivity contribution in [1.82, 2.24) is 0 Å². The lowest BCUT2D eigenvalue weighted by Crippen LogP contribution is -2.31. The third kappa shape index (κ3) is 5.79. The molecule has 1 heterocycles. The van der Waals surface area contributed by atoms with E-state index >= 15 is 0 Å². The molecule has 1 aliphatic rings. The molecule has 0 fully saturated rings. The van der Waals surface area contributed by atoms with E-state index in [4.69, 9.17) is 0 Å². The maximum absolute atomic E-state index is 2.53. The van der Waals surface area contributed by atoms with E-state index in [0.29, 0.717) is 0 Å². The van der Waals surface area contributed by atoms with Gasteiger partial charge in [0.2, 0.25) is 0 Å². The van der Waals surface area contributed by atoms with Gasteiger partial charge in [-0.25, -0.2) is 0 Å². The molecule has 0 bridgehead atoms. The molecule has 280 valence electrons. The monoisotopic (exact) mass is 754 g/mol. The zero-order valence-electron chi connectivity index (χ0n) is 33.2. The summed E-state index contributed by atoms with van der Waals surface area (Å²) in [6.07, 6.45) is 0. The molecule has 0 aromatic heterocycles. The summed E-state index contributed by atoms with van der Waals surface area (Å²) in [5.74, 6) is 0. The number of fused-ring (bicyclic) bond motifs is 5. The highest BCUT2D eigenvalue weighted by Gasteiger charge is 2.38. The van der Waals surface area contributed by atoms with E-state index in [1.165, 1.54) is 82.8 Å². The van der Waals surface area contributed by atoms with Crippen LogP contribution in [-0.4, -0.2) is 0 Å². The van der Waals surface area contributed by atoms with Crippen molar-refractivity contribution in [2.24, 2.45) is 0 Å². The molecule has 0 radical (unpaired) electrons. The van der Waals surface area contributed by atoms with Crippen molar-refractivity contribution in [1.29, 1.82) is 0 Å². The third-order valence-electron chi connectivity index (χ3n) is 12.4. The fourth-order valence-electron chi connectivity index (χ4n) is 9.42. The first-order chi connectivity index (χ1) is 29.0. The van der Waals surface area contributed by atoms with E-state index in [1.54, 1.807) is 0 Å². The fraction of sp³-hybridized carbons (Fsp3) is 0.0526. The summed E-state index contributed by atoms with van der Waals surface area (Å²) in [5, 5.41) is 7.35. The molecule has 0 atom stereocenters. The minimum Gasteiger partial charge on any atom is -0.310 e. The van der Waals surface area contributed by atoms with Crippen LogP contribution in [0.4, 0.5) is 34.1 Å². The summed E-state index contributed by atoms with van der Waals surface area (Å²) in [6.45, 7) is 4.75. The molecule has 10 aromatic rings. The lowest BCUT2D eigenvalue weighted by atomic mass is 9.72. The predicted octanol–water partition coefficient (Wildman–Crippen LogP) is 16.1. The van der Waals surface area contributed by atoms with Gasteiger partial charge >= 0.3 is 0 Å². The topological polar surface area (TPSA) is 6.48 Å². The quantitative estimate of drug-likeness (QED) is 0.167. The Morgan fingerprint density at radius 3 is 1.78 bits per heavy atom. The molecule has 0 unspecified atom stereocenters. The van der Waals surface area contributed by atoms with E-state index in [9.17, 15) is 0 Å². The maximum Gasteiger partial charge on any atom is 0.0618 e. The number of hydrogen-bond donors (Lipinski definition) is 0. The highest BCUT2D eigenvalue weighted by atomic mass is 15.2. The second-order valence-corrected chi connectivity index (χ2v) is 16.2. The Morgan fingerprint density at radius 1 is 0.373 bits per heavy atom. The Balaban J connectivity index is 1.06. The van der Waals surface area contributed by atoms with Gasteiger partial charge in [-0.1, -0.05) is 184 Å². The van der Waals surface area contributed by atoms with Crippen LogP contribution in [0.2, 0.25) is 0 Å². The molecular formula is C57H42N2. The first kappa shape index (κ1) is 34.8. The summed E-state index contributed by atoms with van der Waals surface area (Å²) >= 11 is 0. The van der Waals surface area contributed by atoms with Crippen LogP contribution in [0.15, 0.2) is 218 Å². The molecule has 0 saturated heterocycles. The van der Waals surface area contributed by atoms with Gasteiger partial charge in [0.25, 0.3) is 0 Å². The smallest absolute Gasteiger partial charge is 0.0618 e. The summed E-state index contributed by atoms with van der Waals surface area (Å²) in [5.41, 5.74) is 14.2. The Kier molecular flexibility index (Phi) is 8.20. The van der Waals surface area contributed by atoms with Crippen LogP contribution >= 0.6 is 0 Å². The van der Waals surface area contributed by atoms with Gasteiger partial charge in [0, 0.05) is 33.1 Å². The zero-order valence-corrected chi connectivity index (χ0v) is 33.2. The van der Waals surface area contributed by atoms with E-state index in [1.807, 2.05) is 0 Å². The van der Waals surface area contributed by atoms with Crippen molar-refractivity contribution in [2.45, 2.75) is 19.3 Å². The Hall–Kier alpha value is -7.42. The predicted molar refractivity (Wildman–Crippen MR) is 251 cm³/mol. The minimum absolute atomic E-state index is 0.239. The summed E-state index contributed by atoms with van der Waals surface area (Å²) in [7, 11) is 0. The molecule has 0 amide bonds. The largest absolute Gasteiger partial charge is 0.310 e. The minimum atomic E-state index is -0.239. The SMILES string of the molecule is CC1(C)c2ccccc2N(c2c(-c3ccccc3)ccc3ccccc23)c2ccc(-c3ccc(N(c4ccc5ccccc5c4)c4cccc5ccccc45)cc3)cc21. The maximum atomic E-state index is 2.53. The molecule has 1 aliphatic heterocycles. The Morgan fingerprint density at radius 2 is 0.966 bits per heavy atom. The van der Waals surface area contributed by atoms with Crippen molar-refractivity contribution in [2.75, 3.05) is 9.80 Å². The number of nitrogens with zero attached hydrogens (tertiary/aromatic N) is 2. The van der Waals surface area contributed by atoms with Crippen molar-refractivity contribution in [3.63, 3.8) is 0 Å². The second kappa shape index (κ2) is 13.9. The van der Waals surface area contributed by atoms with Crippen molar-refractivity contribution >= 4 is 66.4 Å². The normalized spacial score (nSPS) is 13.0. The van der Waals surface area contributed by atoms with Gasteiger partial charge in [-0.2, -0.15) is 0 Å². The highest BCUT2D eigenvalue weighted by Crippen LogP contribution is 2.55. The summed E-state index contributed by atoms with van der Waals surface area (Å²) in [6, 6.07) is 80.0. The highest BCUT2D eigenvalue weighted by molar-refractivity contribution is 6.08. The molecule has 0 aliphatic carbocycles. The number of rotatable bonds is 6. The zero-order chi connectivity index (χ0) is 39.5. The molecule has 2 nitrogen and oxygen atoms in total. The first-order valence-electron chi connectivity index (χ1n) is 20.5. The number of hydrogen-bond acceptors (Lipinski definition) is 2. The lowest BCUT2D eigenvalue weighted by Gasteiger charge is -2.43. The van der Waals surface area contributed by atoms with Crippen LogP contribution in [0.1, 0.15) is 25.0 Å². The first-order valence-corrected chi connectivity index (χ1v) is 20.5. The van der Waals surface area contributed by atoms with E-state index in [2.05, 4.69) is 242 Å². The summed E-state index contributed by atoms with van der Waals surface area (Å²) < 4.78 is 0.